The van der Waals surface area contributed by atoms with Gasteiger partial charge in [-0.15, -0.1) is 0 Å². The first-order chi connectivity index (χ1) is 20.8. The summed E-state index contributed by atoms with van der Waals surface area (Å²) in [5.41, 5.74) is 3.41. The van der Waals surface area contributed by atoms with Gasteiger partial charge < -0.3 is 5.11 Å². The normalized spacial score (nSPS) is 19.8. The van der Waals surface area contributed by atoms with Crippen LogP contribution in [0.15, 0.2) is 47.0 Å². The smallest absolute Gasteiger partial charge is 0.413 e. The molecule has 0 spiro atoms. The number of aryl methyl sites for hydroxylation is 1. The summed E-state index contributed by atoms with van der Waals surface area (Å²) in [6.45, 7) is 20.9. The molecule has 0 amide bonds. The molecular formula is C37H56Cl2F3NO2. The van der Waals surface area contributed by atoms with E-state index in [1.807, 2.05) is 26.0 Å². The van der Waals surface area contributed by atoms with Gasteiger partial charge in [0.2, 0.25) is 0 Å². The third kappa shape index (κ3) is 16.4. The Labute approximate surface area is 281 Å². The monoisotopic (exact) mass is 673 g/mol. The van der Waals surface area contributed by atoms with Crippen LogP contribution in [0.5, 0.6) is 0 Å². The van der Waals surface area contributed by atoms with Crippen molar-refractivity contribution in [2.75, 3.05) is 7.05 Å². The average molecular weight is 675 g/mol. The Morgan fingerprint density at radius 3 is 1.87 bits per heavy atom. The van der Waals surface area contributed by atoms with Crippen molar-refractivity contribution in [2.24, 2.45) is 22.2 Å². The number of halogens is 5. The van der Waals surface area contributed by atoms with Gasteiger partial charge in [0.15, 0.2) is 0 Å². The molecule has 45 heavy (non-hydrogen) atoms. The van der Waals surface area contributed by atoms with Crippen LogP contribution >= 0.6 is 23.2 Å². The van der Waals surface area contributed by atoms with Gasteiger partial charge >= 0.3 is 12.1 Å². The van der Waals surface area contributed by atoms with Crippen molar-refractivity contribution in [2.45, 2.75) is 125 Å². The highest BCUT2D eigenvalue weighted by Gasteiger charge is 2.32. The quantitative estimate of drug-likeness (QED) is 0.241. The van der Waals surface area contributed by atoms with Crippen molar-refractivity contribution in [3.05, 3.63) is 63.2 Å². The summed E-state index contributed by atoms with van der Waals surface area (Å²) in [7, 11) is 1.42. The average Bonchev–Trinajstić information content (AvgIpc) is 2.96. The molecule has 8 heteroatoms. The predicted molar refractivity (Wildman–Crippen MR) is 189 cm³/mol. The highest BCUT2D eigenvalue weighted by Crippen LogP contribution is 2.38. The Hall–Kier alpha value is -2.05. The molecule has 1 aromatic carbocycles. The molecule has 0 aromatic heterocycles. The van der Waals surface area contributed by atoms with E-state index in [9.17, 15) is 18.0 Å². The van der Waals surface area contributed by atoms with Gasteiger partial charge in [-0.1, -0.05) is 89.7 Å². The molecule has 256 valence electrons. The first-order valence-electron chi connectivity index (χ1n) is 16.1. The van der Waals surface area contributed by atoms with Crippen LogP contribution < -0.4 is 0 Å². The van der Waals surface area contributed by atoms with Crippen LogP contribution in [-0.4, -0.2) is 30.5 Å². The maximum atomic E-state index is 12.2. The minimum Gasteiger partial charge on any atom is -0.481 e. The van der Waals surface area contributed by atoms with Gasteiger partial charge in [-0.2, -0.15) is 13.2 Å². The van der Waals surface area contributed by atoms with Gasteiger partial charge in [-0.05, 0) is 106 Å². The van der Waals surface area contributed by atoms with Crippen molar-refractivity contribution in [1.29, 1.82) is 0 Å². The number of rotatable bonds is 6. The highest BCUT2D eigenvalue weighted by molar-refractivity contribution is 6.37. The lowest BCUT2D eigenvalue weighted by atomic mass is 9.74. The van der Waals surface area contributed by atoms with Crippen LogP contribution in [0.1, 0.15) is 123 Å². The van der Waals surface area contributed by atoms with Gasteiger partial charge in [0.1, 0.15) is 0 Å². The molecule has 0 radical (unpaired) electrons. The van der Waals surface area contributed by atoms with Crippen LogP contribution in [0, 0.1) is 24.2 Å². The van der Waals surface area contributed by atoms with Crippen LogP contribution in [0.3, 0.4) is 0 Å². The summed E-state index contributed by atoms with van der Waals surface area (Å²) in [4.78, 5) is 14.0. The molecule has 2 saturated carbocycles. The molecule has 2 aliphatic carbocycles. The number of carboxylic acid groups (broad SMARTS) is 1. The van der Waals surface area contributed by atoms with E-state index in [4.69, 9.17) is 28.3 Å². The first kappa shape index (κ1) is 43.0. The van der Waals surface area contributed by atoms with Gasteiger partial charge in [0, 0.05) is 40.0 Å². The number of aliphatic carboxylic acids is 1. The highest BCUT2D eigenvalue weighted by atomic mass is 35.5. The number of hydrogen-bond acceptors (Lipinski definition) is 2. The molecule has 0 atom stereocenters. The molecule has 1 N–H and O–H groups in total. The number of nitrogens with zero attached hydrogens (tertiary/aromatic N) is 1. The third-order valence-electron chi connectivity index (χ3n) is 8.79. The van der Waals surface area contributed by atoms with Crippen LogP contribution in [0.25, 0.3) is 5.57 Å². The largest absolute Gasteiger partial charge is 0.481 e. The van der Waals surface area contributed by atoms with Crippen molar-refractivity contribution in [1.82, 2.24) is 0 Å². The van der Waals surface area contributed by atoms with Crippen LogP contribution in [0.4, 0.5) is 13.2 Å². The zero-order valence-electron chi connectivity index (χ0n) is 28.8. The Morgan fingerprint density at radius 1 is 1.04 bits per heavy atom. The van der Waals surface area contributed by atoms with E-state index in [1.54, 1.807) is 0 Å². The molecule has 3 nitrogen and oxygen atoms in total. The van der Waals surface area contributed by atoms with Crippen LogP contribution in [-0.2, 0) is 4.79 Å². The lowest BCUT2D eigenvalue weighted by Gasteiger charge is -2.32. The summed E-state index contributed by atoms with van der Waals surface area (Å²) in [6, 6.07) is 3.81. The fourth-order valence-corrected chi connectivity index (χ4v) is 6.15. The Kier molecular flexibility index (Phi) is 20.0. The number of aliphatic imine (C=N–C) groups is 1. The topological polar surface area (TPSA) is 49.7 Å². The molecule has 0 bridgehead atoms. The SMILES string of the molecule is C=C(C)/C(C=NC)=C(/C)C(F)(F)F.C=C(CC)c1c(Cl)cc(C)cc1Cl.CC1CCC(C(=O)O)CC1.CCC1(C)CCCCC1. The molecule has 2 aliphatic rings. The zero-order chi connectivity index (χ0) is 35.0. The summed E-state index contributed by atoms with van der Waals surface area (Å²) in [5, 5.41) is 10.0. The molecule has 0 aliphatic heterocycles. The molecule has 0 unspecified atom stereocenters. The van der Waals surface area contributed by atoms with Gasteiger partial charge in [-0.25, -0.2) is 0 Å². The number of hydrogen-bond donors (Lipinski definition) is 1. The summed E-state index contributed by atoms with van der Waals surface area (Å²) in [5.74, 6) is 0.0960. The van der Waals surface area contributed by atoms with Crippen molar-refractivity contribution >= 4 is 41.0 Å². The maximum Gasteiger partial charge on any atom is 0.413 e. The molecule has 1 aromatic rings. The number of carbonyl (C=O) groups is 1. The number of allylic oxidation sites excluding steroid dienone is 4. The van der Waals surface area contributed by atoms with Crippen molar-refractivity contribution in [3.63, 3.8) is 0 Å². The molecular weight excluding hydrogens is 618 g/mol. The summed E-state index contributed by atoms with van der Waals surface area (Å²) in [6.07, 6.45) is 10.5. The van der Waals surface area contributed by atoms with Crippen molar-refractivity contribution < 1.29 is 23.1 Å². The number of alkyl halides is 3. The second kappa shape index (κ2) is 20.9. The first-order valence-corrected chi connectivity index (χ1v) is 16.8. The fourth-order valence-electron chi connectivity index (χ4n) is 5.29. The van der Waals surface area contributed by atoms with Crippen molar-refractivity contribution in [3.8, 4) is 0 Å². The molecule has 0 saturated heterocycles. The van der Waals surface area contributed by atoms with E-state index in [0.29, 0.717) is 15.6 Å². The van der Waals surface area contributed by atoms with E-state index in [2.05, 4.69) is 38.9 Å². The van der Waals surface area contributed by atoms with Gasteiger partial charge in [0.25, 0.3) is 0 Å². The fraction of sp³-hybridized carbons (Fsp3) is 0.622. The van der Waals surface area contributed by atoms with E-state index >= 15 is 0 Å². The second-order valence-electron chi connectivity index (χ2n) is 12.8. The summed E-state index contributed by atoms with van der Waals surface area (Å²) < 4.78 is 36.7. The summed E-state index contributed by atoms with van der Waals surface area (Å²) >= 11 is 12.1. The van der Waals surface area contributed by atoms with E-state index in [0.717, 1.165) is 67.1 Å². The number of benzene rings is 1. The van der Waals surface area contributed by atoms with Gasteiger partial charge in [0.05, 0.1) is 5.92 Å². The minimum absolute atomic E-state index is 0.0452. The Morgan fingerprint density at radius 2 is 1.53 bits per heavy atom. The zero-order valence-corrected chi connectivity index (χ0v) is 30.3. The van der Waals surface area contributed by atoms with Gasteiger partial charge in [-0.3, -0.25) is 9.79 Å². The second-order valence-corrected chi connectivity index (χ2v) is 13.6. The van der Waals surface area contributed by atoms with Crippen LogP contribution in [0.2, 0.25) is 10.0 Å². The lowest BCUT2D eigenvalue weighted by Crippen LogP contribution is -2.19. The molecule has 2 fully saturated rings. The Balaban J connectivity index is 0.000000579. The number of carboxylic acids is 1. The van der Waals surface area contributed by atoms with E-state index in [1.165, 1.54) is 58.7 Å². The van der Waals surface area contributed by atoms with E-state index < -0.39 is 17.7 Å². The third-order valence-corrected chi connectivity index (χ3v) is 9.39. The lowest BCUT2D eigenvalue weighted by molar-refractivity contribution is -0.143. The van der Waals surface area contributed by atoms with E-state index in [-0.39, 0.29) is 11.5 Å². The minimum atomic E-state index is -4.31. The Bertz CT molecular complexity index is 1130. The molecule has 0 heterocycles. The maximum absolute atomic E-state index is 12.2. The molecule has 3 rings (SSSR count). The predicted octanol–water partition coefficient (Wildman–Crippen LogP) is 13.1. The standard InChI is InChI=1S/C11H12Cl2.C9H12F3N.C9H18.C8H14O2/c1-4-8(3)11-9(12)5-7(2)6-10(11)13;1-6(2)8(5-13-4)7(3)9(10,11)12;1-3-9(2)7-5-4-6-8-9;1-6-2-4-7(5-3-6)8(9)10/h5-6H,3-4H2,1-2H3;5H,1H2,2-4H3;3-8H2,1-2H3;6-7H,2-5H2,1H3,(H,9,10)/b;8-7-,13-5?;;.